The molecule has 1 aromatic heterocycles. The van der Waals surface area contributed by atoms with Gasteiger partial charge in [-0.1, -0.05) is 6.92 Å². The Hall–Kier alpha value is -0.870. The van der Waals surface area contributed by atoms with Crippen LogP contribution in [-0.2, 0) is 18.2 Å². The van der Waals surface area contributed by atoms with Crippen LogP contribution in [-0.4, -0.2) is 28.3 Å². The summed E-state index contributed by atoms with van der Waals surface area (Å²) >= 11 is 0. The molecule has 86 valence electrons. The fourth-order valence-corrected chi connectivity index (χ4v) is 1.33. The van der Waals surface area contributed by atoms with Crippen LogP contribution in [0.1, 0.15) is 26.1 Å². The van der Waals surface area contributed by atoms with Gasteiger partial charge in [-0.2, -0.15) is 0 Å². The molecule has 0 aliphatic rings. The lowest BCUT2D eigenvalue weighted by Gasteiger charge is -2.26. The van der Waals surface area contributed by atoms with E-state index in [2.05, 4.69) is 11.9 Å². The summed E-state index contributed by atoms with van der Waals surface area (Å²) < 4.78 is 7.79. The number of ether oxygens (including phenoxy) is 1. The molecule has 0 aliphatic heterocycles. The second-order valence-electron chi connectivity index (χ2n) is 4.06. The van der Waals surface area contributed by atoms with E-state index in [1.165, 1.54) is 0 Å². The van der Waals surface area contributed by atoms with Crippen LogP contribution < -0.4 is 5.73 Å². The third-order valence-electron chi connectivity index (χ3n) is 2.88. The molecule has 2 N–H and O–H groups in total. The van der Waals surface area contributed by atoms with E-state index in [0.717, 1.165) is 18.7 Å². The van der Waals surface area contributed by atoms with Crippen LogP contribution in [0.5, 0.6) is 0 Å². The van der Waals surface area contributed by atoms with Gasteiger partial charge in [0, 0.05) is 32.4 Å². The first kappa shape index (κ1) is 12.2. The number of hydrogen-bond acceptors (Lipinski definition) is 3. The highest BCUT2D eigenvalue weighted by atomic mass is 16.5. The standard InChI is InChI=1S/C11H21N3O/c1-4-11(2,9-12)15-8-5-10-13-6-7-14(10)3/h6-7H,4-5,8-9,12H2,1-3H3. The quantitative estimate of drug-likeness (QED) is 0.766. The molecule has 0 fully saturated rings. The summed E-state index contributed by atoms with van der Waals surface area (Å²) in [6.07, 6.45) is 5.51. The molecule has 1 atom stereocenters. The van der Waals surface area contributed by atoms with Crippen LogP contribution in [0.2, 0.25) is 0 Å². The molecule has 15 heavy (non-hydrogen) atoms. The van der Waals surface area contributed by atoms with E-state index in [0.29, 0.717) is 13.2 Å². The minimum absolute atomic E-state index is 0.189. The molecule has 0 amide bonds. The van der Waals surface area contributed by atoms with E-state index in [1.807, 2.05) is 24.7 Å². The minimum atomic E-state index is -0.189. The third-order valence-corrected chi connectivity index (χ3v) is 2.88. The lowest BCUT2D eigenvalue weighted by Crippen LogP contribution is -2.37. The van der Waals surface area contributed by atoms with Gasteiger partial charge in [-0.15, -0.1) is 0 Å². The smallest absolute Gasteiger partial charge is 0.110 e. The van der Waals surface area contributed by atoms with Gasteiger partial charge >= 0.3 is 0 Å². The van der Waals surface area contributed by atoms with E-state index in [-0.39, 0.29) is 5.60 Å². The Bertz CT molecular complexity index is 292. The zero-order valence-electron chi connectivity index (χ0n) is 9.86. The normalized spacial score (nSPS) is 15.2. The Morgan fingerprint density at radius 3 is 2.80 bits per heavy atom. The van der Waals surface area contributed by atoms with Gasteiger partial charge in [0.2, 0.25) is 0 Å². The highest BCUT2D eigenvalue weighted by Gasteiger charge is 2.20. The van der Waals surface area contributed by atoms with Gasteiger partial charge in [-0.25, -0.2) is 4.98 Å². The summed E-state index contributed by atoms with van der Waals surface area (Å²) in [4.78, 5) is 4.24. The number of aromatic nitrogens is 2. The van der Waals surface area contributed by atoms with Crippen LogP contribution in [0, 0.1) is 0 Å². The lowest BCUT2D eigenvalue weighted by atomic mass is 10.0. The predicted molar refractivity (Wildman–Crippen MR) is 60.6 cm³/mol. The number of aryl methyl sites for hydroxylation is 1. The molecular weight excluding hydrogens is 190 g/mol. The van der Waals surface area contributed by atoms with Crippen molar-refractivity contribution in [2.24, 2.45) is 12.8 Å². The Morgan fingerprint density at radius 2 is 2.33 bits per heavy atom. The Kier molecular flexibility index (Phi) is 4.29. The molecule has 1 heterocycles. The molecule has 0 bridgehead atoms. The fourth-order valence-electron chi connectivity index (χ4n) is 1.33. The molecule has 0 aromatic carbocycles. The SMILES string of the molecule is CCC(C)(CN)OCCc1nccn1C. The summed E-state index contributed by atoms with van der Waals surface area (Å²) in [5.74, 6) is 1.05. The minimum Gasteiger partial charge on any atom is -0.374 e. The summed E-state index contributed by atoms with van der Waals surface area (Å²) in [7, 11) is 1.99. The molecule has 0 aliphatic carbocycles. The van der Waals surface area contributed by atoms with Crippen molar-refractivity contribution in [1.29, 1.82) is 0 Å². The molecule has 1 unspecified atom stereocenters. The second-order valence-corrected chi connectivity index (χ2v) is 4.06. The van der Waals surface area contributed by atoms with Crippen LogP contribution in [0.3, 0.4) is 0 Å². The maximum Gasteiger partial charge on any atom is 0.110 e. The summed E-state index contributed by atoms with van der Waals surface area (Å²) in [5.41, 5.74) is 5.47. The first-order valence-corrected chi connectivity index (χ1v) is 5.41. The maximum absolute atomic E-state index is 5.78. The number of rotatable bonds is 6. The van der Waals surface area contributed by atoms with Gasteiger partial charge < -0.3 is 15.0 Å². The van der Waals surface area contributed by atoms with Crippen molar-refractivity contribution in [1.82, 2.24) is 9.55 Å². The van der Waals surface area contributed by atoms with Gasteiger partial charge in [-0.05, 0) is 13.3 Å². The highest BCUT2D eigenvalue weighted by molar-refractivity contribution is 4.91. The van der Waals surface area contributed by atoms with Crippen molar-refractivity contribution in [3.8, 4) is 0 Å². The van der Waals surface area contributed by atoms with Gasteiger partial charge in [0.25, 0.3) is 0 Å². The number of nitrogens with two attached hydrogens (primary N) is 1. The van der Waals surface area contributed by atoms with E-state index in [4.69, 9.17) is 10.5 Å². The van der Waals surface area contributed by atoms with Gasteiger partial charge in [0.05, 0.1) is 12.2 Å². The number of imidazole rings is 1. The topological polar surface area (TPSA) is 53.1 Å². The van der Waals surface area contributed by atoms with Crippen LogP contribution in [0.4, 0.5) is 0 Å². The van der Waals surface area contributed by atoms with Crippen LogP contribution >= 0.6 is 0 Å². The number of nitrogens with zero attached hydrogens (tertiary/aromatic N) is 2. The van der Waals surface area contributed by atoms with Crippen LogP contribution in [0.15, 0.2) is 12.4 Å². The van der Waals surface area contributed by atoms with E-state index < -0.39 is 0 Å². The predicted octanol–water partition coefficient (Wildman–Crippen LogP) is 1.11. The average molecular weight is 211 g/mol. The average Bonchev–Trinajstić information content (AvgIpc) is 2.64. The molecule has 4 heteroatoms. The molecule has 0 saturated heterocycles. The molecular formula is C11H21N3O. The molecule has 1 rings (SSSR count). The molecule has 0 saturated carbocycles. The summed E-state index contributed by atoms with van der Waals surface area (Å²) in [6, 6.07) is 0. The Balaban J connectivity index is 2.36. The first-order valence-electron chi connectivity index (χ1n) is 5.41. The largest absolute Gasteiger partial charge is 0.374 e. The van der Waals surface area contributed by atoms with Gasteiger partial charge in [0.1, 0.15) is 5.82 Å². The van der Waals surface area contributed by atoms with Crippen molar-refractivity contribution >= 4 is 0 Å². The first-order chi connectivity index (χ1) is 7.11. The van der Waals surface area contributed by atoms with Gasteiger partial charge in [-0.3, -0.25) is 0 Å². The van der Waals surface area contributed by atoms with E-state index in [9.17, 15) is 0 Å². The van der Waals surface area contributed by atoms with E-state index >= 15 is 0 Å². The fraction of sp³-hybridized carbons (Fsp3) is 0.727. The monoisotopic (exact) mass is 211 g/mol. The van der Waals surface area contributed by atoms with Crippen molar-refractivity contribution in [3.63, 3.8) is 0 Å². The Labute approximate surface area is 91.4 Å². The summed E-state index contributed by atoms with van der Waals surface area (Å²) in [6.45, 7) is 5.37. The molecule has 4 nitrogen and oxygen atoms in total. The maximum atomic E-state index is 5.78. The van der Waals surface area contributed by atoms with Gasteiger partial charge in [0.15, 0.2) is 0 Å². The lowest BCUT2D eigenvalue weighted by molar-refractivity contribution is -0.0264. The summed E-state index contributed by atoms with van der Waals surface area (Å²) in [5, 5.41) is 0. The van der Waals surface area contributed by atoms with Crippen molar-refractivity contribution in [3.05, 3.63) is 18.2 Å². The van der Waals surface area contributed by atoms with Crippen LogP contribution in [0.25, 0.3) is 0 Å². The van der Waals surface area contributed by atoms with E-state index in [1.54, 1.807) is 6.20 Å². The molecule has 0 radical (unpaired) electrons. The Morgan fingerprint density at radius 1 is 1.60 bits per heavy atom. The van der Waals surface area contributed by atoms with Crippen molar-refractivity contribution < 1.29 is 4.74 Å². The molecule has 0 spiro atoms. The zero-order valence-corrected chi connectivity index (χ0v) is 9.86. The van der Waals surface area contributed by atoms with Crippen molar-refractivity contribution in [2.45, 2.75) is 32.3 Å². The zero-order chi connectivity index (χ0) is 11.3. The highest BCUT2D eigenvalue weighted by Crippen LogP contribution is 2.13. The van der Waals surface area contributed by atoms with Crippen molar-refractivity contribution in [2.75, 3.05) is 13.2 Å². The second kappa shape index (κ2) is 5.28. The molecule has 1 aromatic rings. The third kappa shape index (κ3) is 3.32. The number of hydrogen-bond donors (Lipinski definition) is 1.